The summed E-state index contributed by atoms with van der Waals surface area (Å²) < 4.78 is 21.9. The van der Waals surface area contributed by atoms with E-state index >= 15 is 0 Å². The first kappa shape index (κ1) is 33.9. The highest BCUT2D eigenvalue weighted by atomic mass is 79.9. The molecule has 1 heterocycles. The van der Waals surface area contributed by atoms with Gasteiger partial charge in [-0.15, -0.1) is 0 Å². The van der Waals surface area contributed by atoms with Crippen LogP contribution in [-0.4, -0.2) is 73.1 Å². The molecule has 6 N–H and O–H groups in total. The van der Waals surface area contributed by atoms with Crippen molar-refractivity contribution in [3.8, 4) is 17.2 Å². The fourth-order valence-corrected chi connectivity index (χ4v) is 4.97. The second-order valence-electron chi connectivity index (χ2n) is 9.81. The van der Waals surface area contributed by atoms with Crippen LogP contribution in [-0.2, 0) is 19.0 Å². The largest absolute Gasteiger partial charge is 0.505 e. The van der Waals surface area contributed by atoms with Crippen LogP contribution in [0, 0.1) is 5.92 Å². The van der Waals surface area contributed by atoms with Gasteiger partial charge in [0.05, 0.1) is 29.4 Å². The zero-order valence-corrected chi connectivity index (χ0v) is 25.8. The van der Waals surface area contributed by atoms with Gasteiger partial charge in [-0.1, -0.05) is 36.8 Å². The Bertz CT molecular complexity index is 1260. The minimum absolute atomic E-state index is 0.0136. The number of halogens is 1. The summed E-state index contributed by atoms with van der Waals surface area (Å²) in [6, 6.07) is 0. The lowest BCUT2D eigenvalue weighted by Crippen LogP contribution is -2.36. The number of aliphatic hydroxyl groups is 1. The smallest absolute Gasteiger partial charge is 0.405 e. The molecule has 1 aromatic carbocycles. The van der Waals surface area contributed by atoms with Crippen LogP contribution >= 0.6 is 15.9 Å². The first-order chi connectivity index (χ1) is 19.3. The Hall–Kier alpha value is -3.32. The van der Waals surface area contributed by atoms with Gasteiger partial charge in [-0.3, -0.25) is 4.79 Å². The summed E-state index contributed by atoms with van der Waals surface area (Å²) in [6.45, 7) is 6.84. The number of fused-ring (bicyclic) bond motifs is 2. The number of nitrogens with one attached hydrogen (secondary N) is 1. The number of hydrogen-bond acceptors (Lipinski definition) is 9. The average Bonchev–Trinajstić information content (AvgIpc) is 2.92. The molecule has 11 nitrogen and oxygen atoms in total. The number of allylic oxidation sites excluding steroid dienone is 2. The number of ether oxygens (including phenoxy) is 4. The molecule has 2 bridgehead atoms. The molecule has 0 saturated heterocycles. The van der Waals surface area contributed by atoms with E-state index in [-0.39, 0.29) is 45.0 Å². The van der Waals surface area contributed by atoms with Crippen molar-refractivity contribution in [2.75, 3.05) is 26.6 Å². The standard InChI is InChI=1S/C29H39BrN2O9/c1-14-11-18-24(34)22(21(30)25(35)27(18)40-7)32-28(36)15(2)9-8-10-19(38-5)26(41-29(31)37)17(4)13-16(3)23(33)20(12-14)39-6/h8-11,13,16,19-20,23,26,33-35H,12H2,1-7H3,(H2,31,37)(H,32,36)/t16-,19-,20-,23-,26-/m0/s1. The number of phenolic OH excluding ortho intramolecular Hbond substituents is 2. The zero-order valence-electron chi connectivity index (χ0n) is 24.2. The van der Waals surface area contributed by atoms with Crippen molar-refractivity contribution in [2.45, 2.75) is 58.5 Å². The number of carbonyl (C=O) groups is 2. The van der Waals surface area contributed by atoms with Gasteiger partial charge in [0.1, 0.15) is 11.8 Å². The Kier molecular flexibility index (Phi) is 12.4. The van der Waals surface area contributed by atoms with E-state index in [1.54, 1.807) is 52.0 Å². The molecule has 5 atom stereocenters. The summed E-state index contributed by atoms with van der Waals surface area (Å²) in [7, 11) is 4.24. The van der Waals surface area contributed by atoms with E-state index in [1.807, 2.05) is 0 Å². The van der Waals surface area contributed by atoms with Crippen molar-refractivity contribution in [3.05, 3.63) is 51.1 Å². The third kappa shape index (κ3) is 8.35. The summed E-state index contributed by atoms with van der Waals surface area (Å²) in [6.07, 6.45) is 3.86. The molecule has 2 rings (SSSR count). The second-order valence-corrected chi connectivity index (χ2v) is 10.6. The molecular weight excluding hydrogens is 600 g/mol. The quantitative estimate of drug-likeness (QED) is 0.180. The Morgan fingerprint density at radius 3 is 2.34 bits per heavy atom. The SMILES string of the molecule is COc1c(O)c(Br)c2c(O)c1C=C(C)C[C@H](OC)[C@@H](O)[C@@H](C)C=C(C)[C@H](OC(N)=O)[C@@H](OC)C=CC=C(C)C(=O)N2. The monoisotopic (exact) mass is 638 g/mol. The summed E-state index contributed by atoms with van der Waals surface area (Å²) in [4.78, 5) is 24.7. The molecule has 0 unspecified atom stereocenters. The molecule has 2 amide bonds. The molecule has 1 aliphatic rings. The molecule has 0 spiro atoms. The van der Waals surface area contributed by atoms with Crippen LogP contribution < -0.4 is 15.8 Å². The third-order valence-electron chi connectivity index (χ3n) is 6.75. The number of hydrogen-bond donors (Lipinski definition) is 5. The van der Waals surface area contributed by atoms with Gasteiger partial charge in [0.15, 0.2) is 23.4 Å². The third-order valence-corrected chi connectivity index (χ3v) is 7.52. The maximum atomic E-state index is 13.0. The van der Waals surface area contributed by atoms with Crippen LogP contribution in [0.3, 0.4) is 0 Å². The molecule has 0 aliphatic carbocycles. The van der Waals surface area contributed by atoms with E-state index < -0.39 is 42.3 Å². The van der Waals surface area contributed by atoms with E-state index in [9.17, 15) is 24.9 Å². The van der Waals surface area contributed by atoms with Crippen molar-refractivity contribution in [1.29, 1.82) is 0 Å². The van der Waals surface area contributed by atoms with Gasteiger partial charge in [-0.25, -0.2) is 4.79 Å². The lowest BCUT2D eigenvalue weighted by molar-refractivity contribution is -0.112. The number of benzene rings is 1. The Morgan fingerprint density at radius 2 is 1.78 bits per heavy atom. The zero-order chi connectivity index (χ0) is 31.0. The minimum atomic E-state index is -1.00. The lowest BCUT2D eigenvalue weighted by Gasteiger charge is -2.28. The van der Waals surface area contributed by atoms with Crippen molar-refractivity contribution in [1.82, 2.24) is 0 Å². The second kappa shape index (κ2) is 15.1. The van der Waals surface area contributed by atoms with Gasteiger partial charge >= 0.3 is 6.09 Å². The number of aliphatic hydroxyl groups excluding tert-OH is 1. The van der Waals surface area contributed by atoms with E-state index in [4.69, 9.17) is 24.7 Å². The van der Waals surface area contributed by atoms with Gasteiger partial charge < -0.3 is 45.3 Å². The molecule has 0 fully saturated rings. The van der Waals surface area contributed by atoms with Gasteiger partial charge in [-0.2, -0.15) is 0 Å². The number of methoxy groups -OCH3 is 3. The van der Waals surface area contributed by atoms with Crippen LogP contribution in [0.5, 0.6) is 17.2 Å². The van der Waals surface area contributed by atoms with E-state index in [2.05, 4.69) is 21.2 Å². The molecular formula is C29H39BrN2O9. The fraction of sp³-hybridized carbons (Fsp3) is 0.448. The molecule has 0 aromatic heterocycles. The van der Waals surface area contributed by atoms with Crippen LogP contribution in [0.15, 0.2) is 45.5 Å². The van der Waals surface area contributed by atoms with Crippen LogP contribution in [0.2, 0.25) is 0 Å². The summed E-state index contributed by atoms with van der Waals surface area (Å²) in [5.74, 6) is -1.70. The molecule has 41 heavy (non-hydrogen) atoms. The highest BCUT2D eigenvalue weighted by molar-refractivity contribution is 9.10. The number of anilines is 1. The Labute approximate surface area is 248 Å². The number of amides is 2. The van der Waals surface area contributed by atoms with E-state index in [0.717, 1.165) is 0 Å². The first-order valence-electron chi connectivity index (χ1n) is 12.8. The van der Waals surface area contributed by atoms with Crippen LogP contribution in [0.4, 0.5) is 10.5 Å². The number of nitrogens with two attached hydrogens (primary N) is 1. The maximum Gasteiger partial charge on any atom is 0.405 e. The highest BCUT2D eigenvalue weighted by Crippen LogP contribution is 2.50. The maximum absolute atomic E-state index is 13.0. The van der Waals surface area contributed by atoms with Crippen LogP contribution in [0.1, 0.15) is 39.7 Å². The fourth-order valence-electron chi connectivity index (χ4n) is 4.50. The Morgan fingerprint density at radius 1 is 1.12 bits per heavy atom. The predicted octanol–water partition coefficient (Wildman–Crippen LogP) is 4.55. The van der Waals surface area contributed by atoms with Gasteiger partial charge in [-0.05, 0) is 54.8 Å². The van der Waals surface area contributed by atoms with E-state index in [0.29, 0.717) is 11.1 Å². The summed E-state index contributed by atoms with van der Waals surface area (Å²) >= 11 is 3.23. The number of carbonyl (C=O) groups excluding carboxylic acids is 2. The number of aromatic hydroxyl groups is 2. The highest BCUT2D eigenvalue weighted by Gasteiger charge is 2.29. The van der Waals surface area contributed by atoms with Crippen molar-refractivity contribution in [2.24, 2.45) is 11.7 Å². The minimum Gasteiger partial charge on any atom is -0.505 e. The first-order valence-corrected chi connectivity index (χ1v) is 13.6. The number of rotatable bonds is 4. The normalized spacial score (nSPS) is 24.6. The van der Waals surface area contributed by atoms with Crippen molar-refractivity contribution in [3.63, 3.8) is 0 Å². The van der Waals surface area contributed by atoms with Gasteiger partial charge in [0.2, 0.25) is 0 Å². The van der Waals surface area contributed by atoms with E-state index in [1.165, 1.54) is 27.4 Å². The number of phenols is 2. The predicted molar refractivity (Wildman–Crippen MR) is 159 cm³/mol. The van der Waals surface area contributed by atoms with Crippen molar-refractivity contribution >= 4 is 39.7 Å². The lowest BCUT2D eigenvalue weighted by atomic mass is 9.91. The summed E-state index contributed by atoms with van der Waals surface area (Å²) in [5.41, 5.74) is 6.90. The Balaban J connectivity index is 2.77. The molecule has 1 aliphatic heterocycles. The molecule has 12 heteroatoms. The summed E-state index contributed by atoms with van der Waals surface area (Å²) in [5, 5.41) is 35.8. The molecule has 0 saturated carbocycles. The van der Waals surface area contributed by atoms with Crippen LogP contribution in [0.25, 0.3) is 6.08 Å². The molecule has 1 aromatic rings. The number of primary amides is 1. The average molecular weight is 640 g/mol. The molecule has 0 radical (unpaired) electrons. The van der Waals surface area contributed by atoms with Crippen molar-refractivity contribution < 1.29 is 43.9 Å². The molecule has 226 valence electrons. The van der Waals surface area contributed by atoms with Gasteiger partial charge in [0.25, 0.3) is 5.91 Å². The topological polar surface area (TPSA) is 170 Å². The van der Waals surface area contributed by atoms with Gasteiger partial charge in [0, 0.05) is 25.7 Å².